The van der Waals surface area contributed by atoms with Crippen molar-refractivity contribution < 1.29 is 14.3 Å². The molecule has 144 valence electrons. The largest absolute Gasteiger partial charge is 0.494 e. The first kappa shape index (κ1) is 20.5. The van der Waals surface area contributed by atoms with Crippen LogP contribution in [0.3, 0.4) is 0 Å². The third kappa shape index (κ3) is 7.94. The van der Waals surface area contributed by atoms with Gasteiger partial charge >= 0.3 is 11.8 Å². The third-order valence-corrected chi connectivity index (χ3v) is 4.11. The Morgan fingerprint density at radius 2 is 1.63 bits per heavy atom. The average molecular weight is 368 g/mol. The number of nitrogens with one attached hydrogen (secondary N) is 2. The Morgan fingerprint density at radius 3 is 2.33 bits per heavy atom. The van der Waals surface area contributed by atoms with Crippen LogP contribution in [-0.2, 0) is 16.0 Å². The third-order valence-electron chi connectivity index (χ3n) is 4.11. The van der Waals surface area contributed by atoms with Crippen LogP contribution in [0.4, 0.5) is 5.69 Å². The molecule has 27 heavy (non-hydrogen) atoms. The van der Waals surface area contributed by atoms with Crippen LogP contribution >= 0.6 is 0 Å². The van der Waals surface area contributed by atoms with Gasteiger partial charge in [-0.1, -0.05) is 50.1 Å². The molecule has 0 radical (unpaired) electrons. The molecule has 0 aliphatic carbocycles. The lowest BCUT2D eigenvalue weighted by Gasteiger charge is -2.09. The molecule has 0 atom stereocenters. The van der Waals surface area contributed by atoms with Gasteiger partial charge in [0.15, 0.2) is 0 Å². The summed E-state index contributed by atoms with van der Waals surface area (Å²) in [5, 5.41) is 5.25. The topological polar surface area (TPSA) is 67.4 Å². The predicted octanol–water partition coefficient (Wildman–Crippen LogP) is 3.94. The summed E-state index contributed by atoms with van der Waals surface area (Å²) in [6.07, 6.45) is 4.98. The molecule has 0 bridgehead atoms. The number of aryl methyl sites for hydroxylation is 1. The van der Waals surface area contributed by atoms with Crippen LogP contribution in [-0.4, -0.2) is 25.0 Å². The summed E-state index contributed by atoms with van der Waals surface area (Å²) in [5.74, 6) is -0.524. The van der Waals surface area contributed by atoms with E-state index in [-0.39, 0.29) is 0 Å². The molecule has 2 aromatic carbocycles. The molecule has 0 aromatic heterocycles. The molecule has 0 fully saturated rings. The number of amides is 2. The van der Waals surface area contributed by atoms with Crippen molar-refractivity contribution in [1.82, 2.24) is 5.32 Å². The smallest absolute Gasteiger partial charge is 0.313 e. The van der Waals surface area contributed by atoms with E-state index in [0.29, 0.717) is 18.8 Å². The summed E-state index contributed by atoms with van der Waals surface area (Å²) in [6.45, 7) is 3.30. The quantitative estimate of drug-likeness (QED) is 0.493. The summed E-state index contributed by atoms with van der Waals surface area (Å²) >= 11 is 0. The molecule has 2 rings (SSSR count). The van der Waals surface area contributed by atoms with E-state index in [0.717, 1.165) is 37.9 Å². The van der Waals surface area contributed by atoms with Crippen molar-refractivity contribution in [2.24, 2.45) is 0 Å². The number of benzene rings is 2. The molecule has 0 saturated heterocycles. The maximum absolute atomic E-state index is 12.0. The molecule has 2 amide bonds. The van der Waals surface area contributed by atoms with Crippen molar-refractivity contribution in [2.75, 3.05) is 18.5 Å². The molecule has 0 heterocycles. The Kier molecular flexibility index (Phi) is 8.90. The van der Waals surface area contributed by atoms with Crippen LogP contribution < -0.4 is 15.4 Å². The summed E-state index contributed by atoms with van der Waals surface area (Å²) in [7, 11) is 0. The first-order valence-electron chi connectivity index (χ1n) is 9.55. The Labute approximate surface area is 161 Å². The van der Waals surface area contributed by atoms with E-state index in [4.69, 9.17) is 4.74 Å². The van der Waals surface area contributed by atoms with Gasteiger partial charge in [0.1, 0.15) is 5.75 Å². The predicted molar refractivity (Wildman–Crippen MR) is 108 cm³/mol. The monoisotopic (exact) mass is 368 g/mol. The minimum atomic E-state index is -0.661. The second kappa shape index (κ2) is 11.7. The maximum Gasteiger partial charge on any atom is 0.313 e. The number of carbonyl (C=O) groups is 2. The van der Waals surface area contributed by atoms with Crippen LogP contribution in [0.15, 0.2) is 54.6 Å². The molecular weight excluding hydrogens is 340 g/mol. The number of ether oxygens (including phenoxy) is 1. The highest BCUT2D eigenvalue weighted by molar-refractivity contribution is 6.39. The minimum Gasteiger partial charge on any atom is -0.494 e. The second-order valence-electron chi connectivity index (χ2n) is 6.38. The van der Waals surface area contributed by atoms with Crippen molar-refractivity contribution in [1.29, 1.82) is 0 Å². The second-order valence-corrected chi connectivity index (χ2v) is 6.38. The van der Waals surface area contributed by atoms with Crippen LogP contribution in [0.25, 0.3) is 0 Å². The number of unbranched alkanes of at least 4 members (excludes halogenated alkanes) is 2. The Hall–Kier alpha value is -2.82. The van der Waals surface area contributed by atoms with Gasteiger partial charge in [0, 0.05) is 12.2 Å². The lowest BCUT2D eigenvalue weighted by molar-refractivity contribution is -0.136. The summed E-state index contributed by atoms with van der Waals surface area (Å²) < 4.78 is 5.63. The SMILES string of the molecule is CCCCCOc1ccc(NC(=O)C(=O)NCCCc2ccccc2)cc1. The van der Waals surface area contributed by atoms with E-state index in [1.54, 1.807) is 24.3 Å². The van der Waals surface area contributed by atoms with Crippen molar-refractivity contribution in [2.45, 2.75) is 39.0 Å². The number of anilines is 1. The van der Waals surface area contributed by atoms with Gasteiger partial charge in [0.05, 0.1) is 6.61 Å². The lowest BCUT2D eigenvalue weighted by atomic mass is 10.1. The zero-order chi connectivity index (χ0) is 19.3. The highest BCUT2D eigenvalue weighted by atomic mass is 16.5. The minimum absolute atomic E-state index is 0.464. The maximum atomic E-state index is 12.0. The number of hydrogen-bond acceptors (Lipinski definition) is 3. The summed E-state index contributed by atoms with van der Waals surface area (Å²) in [4.78, 5) is 23.8. The van der Waals surface area contributed by atoms with Gasteiger partial charge < -0.3 is 15.4 Å². The fourth-order valence-electron chi connectivity index (χ4n) is 2.58. The first-order chi connectivity index (χ1) is 13.2. The first-order valence-corrected chi connectivity index (χ1v) is 9.55. The van der Waals surface area contributed by atoms with Gasteiger partial charge in [-0.15, -0.1) is 0 Å². The number of carbonyl (C=O) groups excluding carboxylic acids is 2. The van der Waals surface area contributed by atoms with Crippen molar-refractivity contribution in [3.63, 3.8) is 0 Å². The van der Waals surface area contributed by atoms with Crippen LogP contribution in [0.1, 0.15) is 38.2 Å². The van der Waals surface area contributed by atoms with Gasteiger partial charge in [-0.05, 0) is 49.1 Å². The van der Waals surface area contributed by atoms with Crippen molar-refractivity contribution in [3.05, 3.63) is 60.2 Å². The van der Waals surface area contributed by atoms with Gasteiger partial charge in [-0.2, -0.15) is 0 Å². The molecule has 5 heteroatoms. The molecule has 0 aliphatic rings. The van der Waals surface area contributed by atoms with Crippen LogP contribution in [0.5, 0.6) is 5.75 Å². The number of hydrogen-bond donors (Lipinski definition) is 2. The Balaban J connectivity index is 1.66. The van der Waals surface area contributed by atoms with Gasteiger partial charge in [0.2, 0.25) is 0 Å². The van der Waals surface area contributed by atoms with Gasteiger partial charge in [-0.3, -0.25) is 9.59 Å². The van der Waals surface area contributed by atoms with E-state index >= 15 is 0 Å². The Morgan fingerprint density at radius 1 is 0.889 bits per heavy atom. The highest BCUT2D eigenvalue weighted by Gasteiger charge is 2.12. The molecule has 0 spiro atoms. The fourth-order valence-corrected chi connectivity index (χ4v) is 2.58. The average Bonchev–Trinajstić information content (AvgIpc) is 2.70. The van der Waals surface area contributed by atoms with E-state index in [2.05, 4.69) is 17.6 Å². The van der Waals surface area contributed by atoms with Crippen LogP contribution in [0, 0.1) is 0 Å². The summed E-state index contributed by atoms with van der Waals surface area (Å²) in [6, 6.07) is 17.1. The molecule has 0 saturated carbocycles. The highest BCUT2D eigenvalue weighted by Crippen LogP contribution is 2.16. The zero-order valence-electron chi connectivity index (χ0n) is 15.9. The lowest BCUT2D eigenvalue weighted by Crippen LogP contribution is -2.36. The zero-order valence-corrected chi connectivity index (χ0v) is 15.9. The van der Waals surface area contributed by atoms with E-state index in [9.17, 15) is 9.59 Å². The van der Waals surface area contributed by atoms with Crippen molar-refractivity contribution in [3.8, 4) is 5.75 Å². The fraction of sp³-hybridized carbons (Fsp3) is 0.364. The van der Waals surface area contributed by atoms with Gasteiger partial charge in [0.25, 0.3) is 0 Å². The molecule has 2 N–H and O–H groups in total. The van der Waals surface area contributed by atoms with E-state index in [1.807, 2.05) is 30.3 Å². The van der Waals surface area contributed by atoms with Crippen LogP contribution in [0.2, 0.25) is 0 Å². The Bertz CT molecular complexity index is 699. The molecule has 0 aliphatic heterocycles. The van der Waals surface area contributed by atoms with Crippen molar-refractivity contribution >= 4 is 17.5 Å². The normalized spacial score (nSPS) is 10.3. The van der Waals surface area contributed by atoms with E-state index in [1.165, 1.54) is 5.56 Å². The molecule has 5 nitrogen and oxygen atoms in total. The molecule has 2 aromatic rings. The molecule has 0 unspecified atom stereocenters. The molecular formula is C22H28N2O3. The summed E-state index contributed by atoms with van der Waals surface area (Å²) in [5.41, 5.74) is 1.79. The van der Waals surface area contributed by atoms with Gasteiger partial charge in [-0.25, -0.2) is 0 Å². The standard InChI is InChI=1S/C22H28N2O3/c1-2-3-7-17-27-20-14-12-19(13-15-20)24-22(26)21(25)23-16-8-11-18-9-5-4-6-10-18/h4-6,9-10,12-15H,2-3,7-8,11,16-17H2,1H3,(H,23,25)(H,24,26). The van der Waals surface area contributed by atoms with E-state index < -0.39 is 11.8 Å². The number of rotatable bonds is 10.